The summed E-state index contributed by atoms with van der Waals surface area (Å²) >= 11 is 0. The van der Waals surface area contributed by atoms with Gasteiger partial charge in [0.05, 0.1) is 22.7 Å². The van der Waals surface area contributed by atoms with Crippen LogP contribution in [0.15, 0.2) is 83.3 Å². The molecule has 5 nitrogen and oxygen atoms in total. The van der Waals surface area contributed by atoms with Crippen LogP contribution in [0.4, 0.5) is 0 Å². The molecule has 0 aliphatic rings. The van der Waals surface area contributed by atoms with Crippen LogP contribution < -0.4 is 0 Å². The third-order valence-electron chi connectivity index (χ3n) is 7.04. The Labute approximate surface area is 222 Å². The van der Waals surface area contributed by atoms with Crippen LogP contribution in [-0.2, 0) is 13.0 Å². The summed E-state index contributed by atoms with van der Waals surface area (Å²) in [6, 6.07) is 28.8. The van der Waals surface area contributed by atoms with E-state index >= 15 is 0 Å². The van der Waals surface area contributed by atoms with Crippen LogP contribution in [0.2, 0.25) is 0 Å². The van der Waals surface area contributed by atoms with Gasteiger partial charge in [0, 0.05) is 18.5 Å². The van der Waals surface area contributed by atoms with Gasteiger partial charge in [-0.3, -0.25) is 0 Å². The summed E-state index contributed by atoms with van der Waals surface area (Å²) in [6.07, 6.45) is 1.92. The van der Waals surface area contributed by atoms with Crippen LogP contribution in [-0.4, -0.2) is 14.5 Å². The third-order valence-corrected chi connectivity index (χ3v) is 7.04. The molecule has 0 N–H and O–H groups in total. The van der Waals surface area contributed by atoms with Crippen molar-refractivity contribution in [3.63, 3.8) is 0 Å². The number of hydrogen-bond acceptors (Lipinski definition) is 4. The summed E-state index contributed by atoms with van der Waals surface area (Å²) < 4.78 is 8.46. The predicted octanol–water partition coefficient (Wildman–Crippen LogP) is 8.00. The zero-order chi connectivity index (χ0) is 26.2. The number of rotatable bonds is 6. The lowest BCUT2D eigenvalue weighted by atomic mass is 9.99. The molecule has 0 atom stereocenters. The van der Waals surface area contributed by atoms with E-state index in [4.69, 9.17) is 14.4 Å². The minimum atomic E-state index is 0.626. The van der Waals surface area contributed by atoms with E-state index in [0.717, 1.165) is 68.6 Å². The van der Waals surface area contributed by atoms with Gasteiger partial charge in [-0.1, -0.05) is 55.5 Å². The van der Waals surface area contributed by atoms with Crippen LogP contribution in [0.5, 0.6) is 0 Å². The molecule has 6 rings (SSSR count). The van der Waals surface area contributed by atoms with Crippen molar-refractivity contribution in [3.05, 3.63) is 107 Å². The molecule has 0 fully saturated rings. The van der Waals surface area contributed by atoms with Crippen molar-refractivity contribution in [2.24, 2.45) is 0 Å². The molecule has 0 radical (unpaired) electrons. The lowest BCUT2D eigenvalue weighted by Gasteiger charge is -2.11. The Morgan fingerprint density at radius 1 is 0.895 bits per heavy atom. The van der Waals surface area contributed by atoms with Crippen molar-refractivity contribution < 1.29 is 4.42 Å². The van der Waals surface area contributed by atoms with E-state index in [1.54, 1.807) is 0 Å². The second-order valence-electron chi connectivity index (χ2n) is 9.87. The minimum absolute atomic E-state index is 0.626. The Balaban J connectivity index is 1.41. The summed E-state index contributed by atoms with van der Waals surface area (Å²) in [4.78, 5) is 9.83. The Morgan fingerprint density at radius 2 is 1.71 bits per heavy atom. The van der Waals surface area contributed by atoms with Gasteiger partial charge in [-0.2, -0.15) is 5.26 Å². The van der Waals surface area contributed by atoms with Gasteiger partial charge in [0.2, 0.25) is 5.89 Å². The maximum absolute atomic E-state index is 9.50. The molecule has 0 saturated carbocycles. The predicted molar refractivity (Wildman–Crippen MR) is 152 cm³/mol. The fraction of sp³-hybridized carbons (Fsp3) is 0.182. The highest BCUT2D eigenvalue weighted by Crippen LogP contribution is 2.31. The van der Waals surface area contributed by atoms with Crippen molar-refractivity contribution in [1.29, 1.82) is 5.26 Å². The molecule has 0 unspecified atom stereocenters. The van der Waals surface area contributed by atoms with E-state index in [1.807, 2.05) is 36.4 Å². The zero-order valence-corrected chi connectivity index (χ0v) is 21.8. The number of nitrogens with zero attached hydrogens (tertiary/aromatic N) is 4. The van der Waals surface area contributed by atoms with Gasteiger partial charge in [0.15, 0.2) is 5.58 Å². The van der Waals surface area contributed by atoms with Gasteiger partial charge in [-0.15, -0.1) is 0 Å². The molecule has 38 heavy (non-hydrogen) atoms. The highest BCUT2D eigenvalue weighted by atomic mass is 16.3. The van der Waals surface area contributed by atoms with E-state index in [0.29, 0.717) is 18.0 Å². The normalized spacial score (nSPS) is 11.3. The van der Waals surface area contributed by atoms with E-state index in [9.17, 15) is 5.26 Å². The molecule has 2 aromatic heterocycles. The van der Waals surface area contributed by atoms with Gasteiger partial charge in [0.1, 0.15) is 11.3 Å². The van der Waals surface area contributed by atoms with Crippen molar-refractivity contribution in [3.8, 4) is 28.7 Å². The summed E-state index contributed by atoms with van der Waals surface area (Å²) in [6.45, 7) is 7.06. The quantitative estimate of drug-likeness (QED) is 0.234. The van der Waals surface area contributed by atoms with Crippen molar-refractivity contribution in [1.82, 2.24) is 14.5 Å². The van der Waals surface area contributed by atoms with Gasteiger partial charge in [-0.05, 0) is 78.4 Å². The van der Waals surface area contributed by atoms with Gasteiger partial charge < -0.3 is 8.98 Å². The number of imidazole rings is 1. The van der Waals surface area contributed by atoms with Crippen LogP contribution in [0.3, 0.4) is 0 Å². The van der Waals surface area contributed by atoms with Crippen LogP contribution in [0.1, 0.15) is 41.4 Å². The SMILES string of the molecule is CCCc1nc2c(C)cc(-c3nc4cc(C)ccc4o3)cc2n1Cc1ccc(-c2ccccc2C#N)cc1. The van der Waals surface area contributed by atoms with E-state index in [-0.39, 0.29) is 0 Å². The summed E-state index contributed by atoms with van der Waals surface area (Å²) in [5.41, 5.74) is 10.8. The smallest absolute Gasteiger partial charge is 0.227 e. The highest BCUT2D eigenvalue weighted by molar-refractivity contribution is 5.86. The first-order chi connectivity index (χ1) is 18.5. The highest BCUT2D eigenvalue weighted by Gasteiger charge is 2.17. The number of oxazole rings is 1. The number of fused-ring (bicyclic) bond motifs is 2. The molecule has 5 heteroatoms. The lowest BCUT2D eigenvalue weighted by molar-refractivity contribution is 0.620. The van der Waals surface area contributed by atoms with E-state index in [1.165, 1.54) is 5.56 Å². The topological polar surface area (TPSA) is 67.6 Å². The van der Waals surface area contributed by atoms with Gasteiger partial charge in [-0.25, -0.2) is 9.97 Å². The van der Waals surface area contributed by atoms with Crippen LogP contribution in [0.25, 0.3) is 44.7 Å². The number of hydrogen-bond donors (Lipinski definition) is 0. The largest absolute Gasteiger partial charge is 0.436 e. The van der Waals surface area contributed by atoms with Gasteiger partial charge >= 0.3 is 0 Å². The summed E-state index contributed by atoms with van der Waals surface area (Å²) in [7, 11) is 0. The van der Waals surface area contributed by atoms with Crippen molar-refractivity contribution >= 4 is 22.1 Å². The second-order valence-corrected chi connectivity index (χ2v) is 9.87. The first-order valence-corrected chi connectivity index (χ1v) is 13.0. The number of aryl methyl sites for hydroxylation is 3. The maximum Gasteiger partial charge on any atom is 0.227 e. The zero-order valence-electron chi connectivity index (χ0n) is 21.8. The fourth-order valence-electron chi connectivity index (χ4n) is 5.12. The van der Waals surface area contributed by atoms with Crippen LogP contribution in [0, 0.1) is 25.2 Å². The fourth-order valence-corrected chi connectivity index (χ4v) is 5.12. The molecule has 186 valence electrons. The monoisotopic (exact) mass is 496 g/mol. The van der Waals surface area contributed by atoms with E-state index in [2.05, 4.69) is 73.9 Å². The molecule has 0 aliphatic carbocycles. The molecular formula is C33H28N4O. The third kappa shape index (κ3) is 4.25. The number of aromatic nitrogens is 3. The first kappa shape index (κ1) is 23.7. The Morgan fingerprint density at radius 3 is 2.50 bits per heavy atom. The first-order valence-electron chi connectivity index (χ1n) is 13.0. The second kappa shape index (κ2) is 9.64. The Hall–Kier alpha value is -4.69. The Bertz CT molecular complexity index is 1830. The molecule has 6 aromatic rings. The number of nitriles is 1. The maximum atomic E-state index is 9.50. The standard InChI is InChI=1S/C33H28N4O/c1-4-7-31-36-32-22(3)17-26(33-35-28-16-21(2)10-15-30(28)38-33)18-29(32)37(31)20-23-11-13-24(14-12-23)27-9-6-5-8-25(27)19-34/h5-6,8-18H,4,7,20H2,1-3H3. The summed E-state index contributed by atoms with van der Waals surface area (Å²) in [5.74, 6) is 1.70. The molecule has 0 aliphatic heterocycles. The average Bonchev–Trinajstić information content (AvgIpc) is 3.51. The average molecular weight is 497 g/mol. The molecular weight excluding hydrogens is 468 g/mol. The molecule has 0 amide bonds. The molecule has 0 saturated heterocycles. The van der Waals surface area contributed by atoms with Crippen molar-refractivity contribution in [2.75, 3.05) is 0 Å². The number of benzene rings is 4. The Kier molecular flexibility index (Phi) is 6.01. The van der Waals surface area contributed by atoms with E-state index < -0.39 is 0 Å². The molecule has 4 aromatic carbocycles. The van der Waals surface area contributed by atoms with Crippen molar-refractivity contribution in [2.45, 2.75) is 40.2 Å². The summed E-state index contributed by atoms with van der Waals surface area (Å²) in [5, 5.41) is 9.50. The minimum Gasteiger partial charge on any atom is -0.436 e. The van der Waals surface area contributed by atoms with Gasteiger partial charge in [0.25, 0.3) is 0 Å². The molecule has 0 bridgehead atoms. The lowest BCUT2D eigenvalue weighted by Crippen LogP contribution is -2.05. The van der Waals surface area contributed by atoms with Crippen LogP contribution >= 0.6 is 0 Å². The molecule has 0 spiro atoms. The molecule has 2 heterocycles.